The van der Waals surface area contributed by atoms with Crippen LogP contribution >= 0.6 is 0 Å². The van der Waals surface area contributed by atoms with Gasteiger partial charge in [0.05, 0.1) is 41.3 Å². The maximum atomic E-state index is 13.0. The molecule has 1 aromatic rings. The molecule has 8 unspecified atom stereocenters. The second kappa shape index (κ2) is 7.44. The largest absolute Gasteiger partial charge is 0.507 e. The summed E-state index contributed by atoms with van der Waals surface area (Å²) in [5.74, 6) is -3.01. The number of ether oxygens (including phenoxy) is 2. The van der Waals surface area contributed by atoms with Gasteiger partial charge in [0.2, 0.25) is 11.6 Å². The lowest BCUT2D eigenvalue weighted by Gasteiger charge is -2.37. The van der Waals surface area contributed by atoms with Gasteiger partial charge in [0, 0.05) is 17.5 Å². The van der Waals surface area contributed by atoms with Crippen LogP contribution in [-0.4, -0.2) is 72.5 Å². The summed E-state index contributed by atoms with van der Waals surface area (Å²) in [6.45, 7) is 3.16. The number of aliphatic hydroxyl groups is 3. The number of carbonyl (C=O) groups is 2. The van der Waals surface area contributed by atoms with Crippen molar-refractivity contribution in [3.63, 3.8) is 0 Å². The highest BCUT2D eigenvalue weighted by molar-refractivity contribution is 7.80. The Morgan fingerprint density at radius 3 is 2.50 bits per heavy atom. The summed E-state index contributed by atoms with van der Waals surface area (Å²) in [4.78, 5) is 25.9. The first-order valence-electron chi connectivity index (χ1n) is 10.2. The molecule has 4 N–H and O–H groups in total. The molecule has 0 spiro atoms. The standard InChI is InChI=1S/C21H22O10S/c1-6-13-9(21-12(29-6)5-32(28)31-21)3-8-14(18(13)25)19(26)20(27)15(17(8)24)11-4-10(22)16(23)7(2)30-11/h3,6-7,10-12,16,21-25H,4-5H2,1-2H3. The van der Waals surface area contributed by atoms with Crippen LogP contribution in [-0.2, 0) is 29.5 Å². The number of aromatic hydroxyl groups is 1. The number of hydrogen-bond donors (Lipinski definition) is 4. The Labute approximate surface area is 185 Å². The molecule has 3 aliphatic heterocycles. The average Bonchev–Trinajstić information content (AvgIpc) is 3.10. The van der Waals surface area contributed by atoms with Gasteiger partial charge in [-0.05, 0) is 25.5 Å². The van der Waals surface area contributed by atoms with E-state index in [9.17, 15) is 34.2 Å². The lowest BCUT2D eigenvalue weighted by atomic mass is 9.79. The number of fused-ring (bicyclic) bond motifs is 4. The topological polar surface area (TPSA) is 160 Å². The average molecular weight is 466 g/mol. The SMILES string of the molecule is CC1OC2CS(=O)OC2c2cc3c(c(O)c21)C(=O)C(=O)C(C1CC(O)C(O)C(C)O1)=C3O. The maximum Gasteiger partial charge on any atom is 0.237 e. The van der Waals surface area contributed by atoms with Gasteiger partial charge in [0.1, 0.15) is 29.8 Å². The third-order valence-corrected chi connectivity index (χ3v) is 7.56. The number of phenolic OH excluding ortho intramolecular Hbond substituents is 1. The zero-order chi connectivity index (χ0) is 23.1. The van der Waals surface area contributed by atoms with Gasteiger partial charge in [0.15, 0.2) is 11.1 Å². The second-order valence-electron chi connectivity index (χ2n) is 8.50. The molecule has 0 bridgehead atoms. The van der Waals surface area contributed by atoms with Crippen LogP contribution in [0, 0.1) is 0 Å². The van der Waals surface area contributed by atoms with Gasteiger partial charge in [-0.2, -0.15) is 0 Å². The quantitative estimate of drug-likeness (QED) is 0.430. The predicted octanol–water partition coefficient (Wildman–Crippen LogP) is 0.521. The lowest BCUT2D eigenvalue weighted by molar-refractivity contribution is -0.153. The fraction of sp³-hybridized carbons (Fsp3) is 0.524. The molecule has 10 nitrogen and oxygen atoms in total. The zero-order valence-corrected chi connectivity index (χ0v) is 18.0. The Bertz CT molecular complexity index is 1080. The van der Waals surface area contributed by atoms with E-state index in [1.165, 1.54) is 13.0 Å². The van der Waals surface area contributed by atoms with Gasteiger partial charge in [-0.3, -0.25) is 13.8 Å². The Hall–Kier alpha value is -2.15. The molecular weight excluding hydrogens is 444 g/mol. The minimum atomic E-state index is -1.59. The molecule has 0 amide bonds. The minimum Gasteiger partial charge on any atom is -0.507 e. The van der Waals surface area contributed by atoms with Crippen LogP contribution in [0.5, 0.6) is 5.75 Å². The van der Waals surface area contributed by atoms with Crippen LogP contribution in [0.3, 0.4) is 0 Å². The van der Waals surface area contributed by atoms with Crippen LogP contribution in [0.4, 0.5) is 0 Å². The molecule has 32 heavy (non-hydrogen) atoms. The first-order valence-corrected chi connectivity index (χ1v) is 11.5. The first kappa shape index (κ1) is 21.7. The molecule has 8 atom stereocenters. The first-order chi connectivity index (χ1) is 15.1. The molecule has 0 aromatic heterocycles. The normalized spacial score (nSPS) is 39.0. The van der Waals surface area contributed by atoms with Crippen LogP contribution in [0.15, 0.2) is 11.6 Å². The van der Waals surface area contributed by atoms with E-state index in [4.69, 9.17) is 13.7 Å². The van der Waals surface area contributed by atoms with Crippen molar-refractivity contribution in [3.05, 3.63) is 33.9 Å². The number of rotatable bonds is 1. The Kier molecular flexibility index (Phi) is 5.04. The van der Waals surface area contributed by atoms with Crippen molar-refractivity contribution in [2.75, 3.05) is 5.75 Å². The maximum absolute atomic E-state index is 13.0. The van der Waals surface area contributed by atoms with Gasteiger partial charge in [-0.15, -0.1) is 0 Å². The van der Waals surface area contributed by atoms with E-state index in [-0.39, 0.29) is 34.4 Å². The molecule has 2 fully saturated rings. The van der Waals surface area contributed by atoms with Gasteiger partial charge < -0.3 is 29.9 Å². The number of benzene rings is 1. The third-order valence-electron chi connectivity index (χ3n) is 6.53. The molecule has 2 saturated heterocycles. The lowest BCUT2D eigenvalue weighted by Crippen LogP contribution is -2.49. The Balaban J connectivity index is 1.67. The van der Waals surface area contributed by atoms with E-state index in [2.05, 4.69) is 0 Å². The van der Waals surface area contributed by atoms with Crippen LogP contribution < -0.4 is 0 Å². The predicted molar refractivity (Wildman–Crippen MR) is 108 cm³/mol. The number of Topliss-reactive ketones (excluding diaryl/α,β-unsaturated/α-hetero) is 2. The smallest absolute Gasteiger partial charge is 0.237 e. The summed E-state index contributed by atoms with van der Waals surface area (Å²) in [6.07, 6.45) is -6.52. The van der Waals surface area contributed by atoms with Crippen molar-refractivity contribution in [1.82, 2.24) is 0 Å². The van der Waals surface area contributed by atoms with E-state index >= 15 is 0 Å². The summed E-state index contributed by atoms with van der Waals surface area (Å²) in [5, 5.41) is 42.0. The van der Waals surface area contributed by atoms with Crippen LogP contribution in [0.1, 0.15) is 59.5 Å². The molecule has 3 heterocycles. The fourth-order valence-corrected chi connectivity index (χ4v) is 6.01. The minimum absolute atomic E-state index is 0.0770. The van der Waals surface area contributed by atoms with Crippen molar-refractivity contribution in [3.8, 4) is 5.75 Å². The fourth-order valence-electron chi connectivity index (χ4n) is 4.95. The van der Waals surface area contributed by atoms with Gasteiger partial charge >= 0.3 is 0 Å². The van der Waals surface area contributed by atoms with E-state index < -0.39 is 76.9 Å². The highest BCUT2D eigenvalue weighted by atomic mass is 32.2. The number of hydrogen-bond acceptors (Lipinski definition) is 10. The molecule has 1 aromatic carbocycles. The van der Waals surface area contributed by atoms with Crippen LogP contribution in [0.2, 0.25) is 0 Å². The molecular formula is C21H22O10S. The molecule has 1 aliphatic carbocycles. The zero-order valence-electron chi connectivity index (χ0n) is 17.2. The number of aliphatic hydroxyl groups excluding tert-OH is 3. The van der Waals surface area contributed by atoms with Crippen LogP contribution in [0.25, 0.3) is 5.76 Å². The summed E-state index contributed by atoms with van der Waals surface area (Å²) >= 11 is -1.59. The number of phenols is 1. The van der Waals surface area contributed by atoms with Gasteiger partial charge in [0.25, 0.3) is 0 Å². The van der Waals surface area contributed by atoms with Gasteiger partial charge in [-0.1, -0.05) is 0 Å². The monoisotopic (exact) mass is 466 g/mol. The van der Waals surface area contributed by atoms with E-state index in [1.807, 2.05) is 0 Å². The number of ketones is 2. The van der Waals surface area contributed by atoms with E-state index in [0.717, 1.165) is 0 Å². The molecule has 4 aliphatic rings. The molecule has 11 heteroatoms. The molecule has 0 radical (unpaired) electrons. The van der Waals surface area contributed by atoms with E-state index in [1.54, 1.807) is 6.92 Å². The highest BCUT2D eigenvalue weighted by Crippen LogP contribution is 2.50. The van der Waals surface area contributed by atoms with Crippen molar-refractivity contribution in [1.29, 1.82) is 0 Å². The van der Waals surface area contributed by atoms with Crippen molar-refractivity contribution in [2.45, 2.75) is 63.0 Å². The summed E-state index contributed by atoms with van der Waals surface area (Å²) < 4.78 is 28.8. The molecule has 0 saturated carbocycles. The Morgan fingerprint density at radius 2 is 1.81 bits per heavy atom. The van der Waals surface area contributed by atoms with Crippen molar-refractivity contribution >= 4 is 28.4 Å². The third kappa shape index (κ3) is 3.00. The van der Waals surface area contributed by atoms with Crippen molar-refractivity contribution < 1.29 is 47.9 Å². The Morgan fingerprint density at radius 1 is 1.09 bits per heavy atom. The van der Waals surface area contributed by atoms with Crippen molar-refractivity contribution in [2.24, 2.45) is 0 Å². The van der Waals surface area contributed by atoms with E-state index in [0.29, 0.717) is 5.56 Å². The summed E-state index contributed by atoms with van der Waals surface area (Å²) in [5.41, 5.74) is -0.119. The molecule has 5 rings (SSSR count). The molecule has 172 valence electrons. The highest BCUT2D eigenvalue weighted by Gasteiger charge is 2.48. The number of carbonyl (C=O) groups excluding carboxylic acids is 2. The summed E-state index contributed by atoms with van der Waals surface area (Å²) in [7, 11) is 0. The van der Waals surface area contributed by atoms with Gasteiger partial charge in [-0.25, -0.2) is 4.21 Å². The second-order valence-corrected chi connectivity index (χ2v) is 9.63. The summed E-state index contributed by atoms with van der Waals surface area (Å²) in [6, 6.07) is 1.45.